The summed E-state index contributed by atoms with van der Waals surface area (Å²) in [4.78, 5) is 0. The number of nitrogens with one attached hydrogen (secondary N) is 2. The van der Waals surface area contributed by atoms with Gasteiger partial charge in [-0.15, -0.1) is 0 Å². The lowest BCUT2D eigenvalue weighted by Crippen LogP contribution is -2.14. The monoisotopic (exact) mass is 298 g/mol. The van der Waals surface area contributed by atoms with Crippen molar-refractivity contribution >= 4 is 15.7 Å². The molecule has 1 aromatic heterocycles. The van der Waals surface area contributed by atoms with Crippen molar-refractivity contribution in [3.8, 4) is 0 Å². The van der Waals surface area contributed by atoms with E-state index in [-0.39, 0.29) is 10.8 Å². The number of sulfonamides is 1. The molecule has 7 heteroatoms. The summed E-state index contributed by atoms with van der Waals surface area (Å²) >= 11 is 0. The maximum Gasteiger partial charge on any atom is 0.295 e. The van der Waals surface area contributed by atoms with Crippen LogP contribution in [0.5, 0.6) is 0 Å². The Bertz CT molecular complexity index is 690. The summed E-state index contributed by atoms with van der Waals surface area (Å²) in [6.07, 6.45) is 0. The van der Waals surface area contributed by atoms with Crippen LogP contribution in [-0.4, -0.2) is 15.5 Å². The Hall–Kier alpha value is -1.86. The number of hydrogen-bond donors (Lipinski definition) is 2. The van der Waals surface area contributed by atoms with Crippen molar-refractivity contribution in [2.45, 2.75) is 18.6 Å². The number of furan rings is 1. The summed E-state index contributed by atoms with van der Waals surface area (Å²) in [5.74, 6) is -0.145. The van der Waals surface area contributed by atoms with Gasteiger partial charge in [-0.3, -0.25) is 4.72 Å². The van der Waals surface area contributed by atoms with Gasteiger partial charge in [0.1, 0.15) is 11.6 Å². The molecule has 1 heterocycles. The second kappa shape index (κ2) is 5.64. The summed E-state index contributed by atoms with van der Waals surface area (Å²) < 4.78 is 45.3. The molecular formula is C13H15FN2O3S. The Morgan fingerprint density at radius 3 is 2.65 bits per heavy atom. The van der Waals surface area contributed by atoms with E-state index in [9.17, 15) is 12.8 Å². The van der Waals surface area contributed by atoms with Crippen LogP contribution in [0.2, 0.25) is 0 Å². The third-order valence-corrected chi connectivity index (χ3v) is 3.93. The number of para-hydroxylation sites is 1. The van der Waals surface area contributed by atoms with Crippen molar-refractivity contribution in [2.75, 3.05) is 11.8 Å². The van der Waals surface area contributed by atoms with Gasteiger partial charge in [-0.25, -0.2) is 4.39 Å². The van der Waals surface area contributed by atoms with Gasteiger partial charge in [0.2, 0.25) is 5.09 Å². The second-order valence-electron chi connectivity index (χ2n) is 4.29. The highest BCUT2D eigenvalue weighted by Crippen LogP contribution is 2.23. The van der Waals surface area contributed by atoms with Gasteiger partial charge in [0.15, 0.2) is 0 Å². The molecule has 0 amide bonds. The molecule has 0 radical (unpaired) electrons. The van der Waals surface area contributed by atoms with Gasteiger partial charge in [-0.05, 0) is 37.7 Å². The second-order valence-corrected chi connectivity index (χ2v) is 5.90. The van der Waals surface area contributed by atoms with E-state index in [4.69, 9.17) is 4.42 Å². The molecule has 2 N–H and O–H groups in total. The van der Waals surface area contributed by atoms with E-state index in [1.165, 1.54) is 18.2 Å². The Kier molecular flexibility index (Phi) is 4.10. The van der Waals surface area contributed by atoms with Crippen LogP contribution in [0, 0.1) is 12.7 Å². The maximum absolute atomic E-state index is 13.7. The molecule has 0 saturated carbocycles. The molecule has 2 aromatic rings. The third kappa shape index (κ3) is 3.00. The summed E-state index contributed by atoms with van der Waals surface area (Å²) in [5, 5.41) is 2.60. The predicted octanol–water partition coefficient (Wildman–Crippen LogP) is 2.25. The van der Waals surface area contributed by atoms with Gasteiger partial charge in [0.05, 0.1) is 12.2 Å². The lowest BCUT2D eigenvalue weighted by atomic mass is 10.2. The van der Waals surface area contributed by atoms with Crippen molar-refractivity contribution in [2.24, 2.45) is 0 Å². The number of halogens is 1. The van der Waals surface area contributed by atoms with Crippen molar-refractivity contribution in [1.29, 1.82) is 0 Å². The fourth-order valence-corrected chi connectivity index (χ4v) is 2.81. The first-order valence-electron chi connectivity index (χ1n) is 5.95. The Labute approximate surface area is 116 Å². The van der Waals surface area contributed by atoms with Gasteiger partial charge < -0.3 is 9.73 Å². The van der Waals surface area contributed by atoms with Gasteiger partial charge in [-0.1, -0.05) is 12.1 Å². The van der Waals surface area contributed by atoms with Gasteiger partial charge in [0.25, 0.3) is 10.0 Å². The van der Waals surface area contributed by atoms with Crippen LogP contribution in [0.25, 0.3) is 0 Å². The van der Waals surface area contributed by atoms with Crippen LogP contribution in [0.4, 0.5) is 10.1 Å². The number of rotatable bonds is 5. The summed E-state index contributed by atoms with van der Waals surface area (Å²) in [7, 11) is -2.22. The largest absolute Gasteiger partial charge is 0.446 e. The van der Waals surface area contributed by atoms with E-state index < -0.39 is 15.8 Å². The predicted molar refractivity (Wildman–Crippen MR) is 73.4 cm³/mol. The Balaban J connectivity index is 2.31. The van der Waals surface area contributed by atoms with E-state index in [2.05, 4.69) is 10.0 Å². The average Bonchev–Trinajstić information content (AvgIpc) is 2.84. The zero-order chi connectivity index (χ0) is 14.8. The van der Waals surface area contributed by atoms with E-state index in [1.54, 1.807) is 26.1 Å². The van der Waals surface area contributed by atoms with E-state index in [1.807, 2.05) is 0 Å². The van der Waals surface area contributed by atoms with Gasteiger partial charge in [0, 0.05) is 0 Å². The molecule has 108 valence electrons. The molecule has 0 aliphatic heterocycles. The van der Waals surface area contributed by atoms with Crippen molar-refractivity contribution < 1.29 is 17.2 Å². The molecule has 20 heavy (non-hydrogen) atoms. The van der Waals surface area contributed by atoms with E-state index >= 15 is 0 Å². The highest BCUT2D eigenvalue weighted by molar-refractivity contribution is 7.92. The topological polar surface area (TPSA) is 71.3 Å². The van der Waals surface area contributed by atoms with Crippen molar-refractivity contribution in [3.63, 3.8) is 0 Å². The molecule has 0 aliphatic carbocycles. The number of aryl methyl sites for hydroxylation is 1. The molecule has 0 unspecified atom stereocenters. The molecule has 0 saturated heterocycles. The van der Waals surface area contributed by atoms with Gasteiger partial charge >= 0.3 is 0 Å². The smallest absolute Gasteiger partial charge is 0.295 e. The number of hydrogen-bond acceptors (Lipinski definition) is 4. The average molecular weight is 298 g/mol. The highest BCUT2D eigenvalue weighted by atomic mass is 32.2. The zero-order valence-electron chi connectivity index (χ0n) is 11.1. The standard InChI is InChI=1S/C13H15FN2O3S/c1-9-4-3-5-11(14)13(9)16-20(17,18)12-7-6-10(19-12)8-15-2/h3-7,15-16H,8H2,1-2H3. The molecule has 0 fully saturated rings. The first kappa shape index (κ1) is 14.5. The lowest BCUT2D eigenvalue weighted by Gasteiger charge is -2.09. The summed E-state index contributed by atoms with van der Waals surface area (Å²) in [6, 6.07) is 7.22. The highest BCUT2D eigenvalue weighted by Gasteiger charge is 2.21. The summed E-state index contributed by atoms with van der Waals surface area (Å²) in [6.45, 7) is 2.03. The molecule has 0 spiro atoms. The molecule has 0 bridgehead atoms. The lowest BCUT2D eigenvalue weighted by molar-refractivity contribution is 0.408. The zero-order valence-corrected chi connectivity index (χ0v) is 11.9. The third-order valence-electron chi connectivity index (χ3n) is 2.71. The van der Waals surface area contributed by atoms with Crippen LogP contribution >= 0.6 is 0 Å². The maximum atomic E-state index is 13.7. The molecule has 5 nitrogen and oxygen atoms in total. The first-order chi connectivity index (χ1) is 9.44. The minimum atomic E-state index is -3.94. The first-order valence-corrected chi connectivity index (χ1v) is 7.43. The van der Waals surface area contributed by atoms with Crippen molar-refractivity contribution in [1.82, 2.24) is 5.32 Å². The van der Waals surface area contributed by atoms with Crippen LogP contribution < -0.4 is 10.0 Å². The molecule has 0 aliphatic rings. The molecule has 1 aromatic carbocycles. The van der Waals surface area contributed by atoms with E-state index in [0.29, 0.717) is 17.9 Å². The molecule has 0 atom stereocenters. The SMILES string of the molecule is CNCc1ccc(S(=O)(=O)Nc2c(C)cccc2F)o1. The normalized spacial score (nSPS) is 11.6. The van der Waals surface area contributed by atoms with Gasteiger partial charge in [-0.2, -0.15) is 8.42 Å². The number of anilines is 1. The molecule has 2 rings (SSSR count). The Morgan fingerprint density at radius 2 is 2.00 bits per heavy atom. The Morgan fingerprint density at radius 1 is 1.25 bits per heavy atom. The minimum Gasteiger partial charge on any atom is -0.446 e. The fourth-order valence-electron chi connectivity index (χ4n) is 1.72. The van der Waals surface area contributed by atoms with Crippen LogP contribution in [0.3, 0.4) is 0 Å². The van der Waals surface area contributed by atoms with Crippen LogP contribution in [0.1, 0.15) is 11.3 Å². The number of benzene rings is 1. The quantitative estimate of drug-likeness (QED) is 0.888. The van der Waals surface area contributed by atoms with Crippen LogP contribution in [0.15, 0.2) is 39.8 Å². The summed E-state index contributed by atoms with van der Waals surface area (Å²) in [5.41, 5.74) is 0.426. The van der Waals surface area contributed by atoms with Crippen molar-refractivity contribution in [3.05, 3.63) is 47.5 Å². The molecular weight excluding hydrogens is 283 g/mol. The van der Waals surface area contributed by atoms with E-state index in [0.717, 1.165) is 0 Å². The fraction of sp³-hybridized carbons (Fsp3) is 0.231. The minimum absolute atomic E-state index is 0.0703. The van der Waals surface area contributed by atoms with Crippen LogP contribution in [-0.2, 0) is 16.6 Å².